The summed E-state index contributed by atoms with van der Waals surface area (Å²) in [5, 5.41) is 0. The van der Waals surface area contributed by atoms with Crippen molar-refractivity contribution in [3.05, 3.63) is 24.3 Å². The van der Waals surface area contributed by atoms with E-state index in [9.17, 15) is 19.0 Å². The molecule has 0 aromatic heterocycles. The number of nitrogens with zero attached hydrogens (tertiary/aromatic N) is 1. The van der Waals surface area contributed by atoms with Crippen molar-refractivity contribution in [2.75, 3.05) is 47.5 Å². The van der Waals surface area contributed by atoms with Crippen molar-refractivity contribution in [1.82, 2.24) is 0 Å². The molecule has 0 aromatic carbocycles. The first kappa shape index (κ1) is 54.5. The second-order valence-corrected chi connectivity index (χ2v) is 18.3. The van der Waals surface area contributed by atoms with Crippen LogP contribution in [0.2, 0.25) is 0 Å². The Morgan fingerprint density at radius 3 is 1.46 bits per heavy atom. The monoisotopic (exact) mass is 815 g/mol. The molecule has 56 heavy (non-hydrogen) atoms. The summed E-state index contributed by atoms with van der Waals surface area (Å²) >= 11 is 0. The third-order valence-electron chi connectivity index (χ3n) is 10.1. The fourth-order valence-electron chi connectivity index (χ4n) is 6.46. The number of quaternary nitrogens is 1. The number of esters is 2. The third kappa shape index (κ3) is 42.1. The first-order valence-corrected chi connectivity index (χ1v) is 24.6. The summed E-state index contributed by atoms with van der Waals surface area (Å²) in [6, 6.07) is 0. The SMILES string of the molecule is CCCCCCCCCCCCC/C=C/C=C/C(=O)OC[C@H](COP(=O)(O)OCC[N+](C)(C)C)OC(=O)CCCCCCCCCCCCCCCCCCC. The maximum atomic E-state index is 12.7. The minimum Gasteiger partial charge on any atom is -0.458 e. The Morgan fingerprint density at radius 1 is 0.589 bits per heavy atom. The van der Waals surface area contributed by atoms with Crippen LogP contribution >= 0.6 is 7.82 Å². The highest BCUT2D eigenvalue weighted by atomic mass is 31.2. The molecule has 0 aliphatic rings. The van der Waals surface area contributed by atoms with Crippen LogP contribution in [0, 0.1) is 0 Å². The molecular formula is C46H89NO8P+. The number of carbonyl (C=O) groups excluding carboxylic acids is 2. The molecule has 0 saturated carbocycles. The second-order valence-electron chi connectivity index (χ2n) is 16.9. The summed E-state index contributed by atoms with van der Waals surface area (Å²) in [5.74, 6) is -1.04. The molecule has 10 heteroatoms. The molecule has 0 rings (SSSR count). The Morgan fingerprint density at radius 2 is 1.02 bits per heavy atom. The minimum atomic E-state index is -4.39. The number of unbranched alkanes of at least 4 members (excludes halogenated alkanes) is 27. The summed E-state index contributed by atoms with van der Waals surface area (Å²) in [7, 11) is 1.44. The number of hydrogen-bond donors (Lipinski definition) is 1. The van der Waals surface area contributed by atoms with Crippen LogP contribution in [-0.2, 0) is 32.7 Å². The van der Waals surface area contributed by atoms with Gasteiger partial charge in [0.25, 0.3) is 0 Å². The van der Waals surface area contributed by atoms with Crippen molar-refractivity contribution in [3.63, 3.8) is 0 Å². The van der Waals surface area contributed by atoms with Gasteiger partial charge in [-0.3, -0.25) is 13.8 Å². The van der Waals surface area contributed by atoms with Crippen LogP contribution < -0.4 is 0 Å². The predicted molar refractivity (Wildman–Crippen MR) is 234 cm³/mol. The zero-order valence-electron chi connectivity index (χ0n) is 37.1. The molecular weight excluding hydrogens is 725 g/mol. The van der Waals surface area contributed by atoms with Crippen LogP contribution in [0.4, 0.5) is 0 Å². The topological polar surface area (TPSA) is 108 Å². The van der Waals surface area contributed by atoms with Crippen molar-refractivity contribution in [2.24, 2.45) is 0 Å². The molecule has 0 spiro atoms. The smallest absolute Gasteiger partial charge is 0.458 e. The first-order chi connectivity index (χ1) is 27.0. The van der Waals surface area contributed by atoms with Crippen molar-refractivity contribution in [1.29, 1.82) is 0 Å². The Labute approximate surface area is 345 Å². The number of phosphoric ester groups is 1. The normalized spacial score (nSPS) is 13.8. The standard InChI is InChI=1S/C46H88NO8P/c1-6-8-10-12-14-16-18-20-22-23-25-27-29-31-33-35-37-39-46(49)55-44(43-54-56(50,51)53-41-40-47(3,4)5)42-52-45(48)38-36-34-32-30-28-26-24-21-19-17-15-13-11-9-7-2/h32,34,36,38,44H,6-31,33,35,37,39-43H2,1-5H3/p+1/b34-32+,38-36+/t44-/m1/s1. The average molecular weight is 815 g/mol. The lowest BCUT2D eigenvalue weighted by atomic mass is 10.0. The van der Waals surface area contributed by atoms with E-state index in [1.54, 1.807) is 6.08 Å². The molecule has 9 nitrogen and oxygen atoms in total. The van der Waals surface area contributed by atoms with E-state index >= 15 is 0 Å². The number of rotatable bonds is 42. The molecule has 0 bridgehead atoms. The van der Waals surface area contributed by atoms with Gasteiger partial charge in [-0.1, -0.05) is 199 Å². The molecule has 330 valence electrons. The second kappa shape index (κ2) is 39.0. The van der Waals surface area contributed by atoms with E-state index in [0.29, 0.717) is 17.4 Å². The maximum absolute atomic E-state index is 12.7. The van der Waals surface area contributed by atoms with E-state index in [4.69, 9.17) is 18.5 Å². The fraction of sp³-hybridized carbons (Fsp3) is 0.870. The molecule has 0 saturated heterocycles. The van der Waals surface area contributed by atoms with Gasteiger partial charge in [0, 0.05) is 12.5 Å². The van der Waals surface area contributed by atoms with Gasteiger partial charge in [0.1, 0.15) is 19.8 Å². The van der Waals surface area contributed by atoms with Crippen LogP contribution in [0.1, 0.15) is 206 Å². The molecule has 0 aliphatic carbocycles. The highest BCUT2D eigenvalue weighted by Crippen LogP contribution is 2.43. The van der Waals surface area contributed by atoms with Crippen molar-refractivity contribution < 1.29 is 42.1 Å². The first-order valence-electron chi connectivity index (χ1n) is 23.1. The van der Waals surface area contributed by atoms with Crippen molar-refractivity contribution in [3.8, 4) is 0 Å². The Hall–Kier alpha value is -1.51. The minimum absolute atomic E-state index is 0.0214. The molecule has 0 heterocycles. The quantitative estimate of drug-likeness (QED) is 0.0162. The Bertz CT molecular complexity index is 1010. The molecule has 1 unspecified atom stereocenters. The molecule has 0 radical (unpaired) electrons. The third-order valence-corrected chi connectivity index (χ3v) is 11.1. The van der Waals surface area contributed by atoms with Crippen LogP contribution in [-0.4, -0.2) is 74.9 Å². The van der Waals surface area contributed by atoms with Crippen molar-refractivity contribution in [2.45, 2.75) is 213 Å². The zero-order valence-corrected chi connectivity index (χ0v) is 38.0. The van der Waals surface area contributed by atoms with Gasteiger partial charge in [-0.15, -0.1) is 0 Å². The summed E-state index contributed by atoms with van der Waals surface area (Å²) in [5.41, 5.74) is 0. The molecule has 0 aromatic rings. The number of hydrogen-bond acceptors (Lipinski definition) is 7. The van der Waals surface area contributed by atoms with E-state index in [-0.39, 0.29) is 19.6 Å². The van der Waals surface area contributed by atoms with E-state index < -0.39 is 32.5 Å². The van der Waals surface area contributed by atoms with Gasteiger partial charge in [-0.2, -0.15) is 0 Å². The Balaban J connectivity index is 4.39. The number of likely N-dealkylation sites (N-methyl/N-ethyl adjacent to an activating group) is 1. The summed E-state index contributed by atoms with van der Waals surface area (Å²) in [4.78, 5) is 35.3. The van der Waals surface area contributed by atoms with E-state index in [0.717, 1.165) is 25.7 Å². The summed E-state index contributed by atoms with van der Waals surface area (Å²) in [6.45, 7) is 4.32. The van der Waals surface area contributed by atoms with Gasteiger partial charge in [0.05, 0.1) is 27.7 Å². The lowest BCUT2D eigenvalue weighted by Gasteiger charge is -2.24. The van der Waals surface area contributed by atoms with Gasteiger partial charge in [0.15, 0.2) is 6.10 Å². The fourth-order valence-corrected chi connectivity index (χ4v) is 7.20. The van der Waals surface area contributed by atoms with Gasteiger partial charge >= 0.3 is 19.8 Å². The number of phosphoric acid groups is 1. The number of carbonyl (C=O) groups is 2. The summed E-state index contributed by atoms with van der Waals surface area (Å²) < 4.78 is 34.1. The number of allylic oxidation sites excluding steroid dienone is 3. The predicted octanol–water partition coefficient (Wildman–Crippen LogP) is 13.1. The molecule has 2 atom stereocenters. The molecule has 0 fully saturated rings. The van der Waals surface area contributed by atoms with Crippen LogP contribution in [0.3, 0.4) is 0 Å². The highest BCUT2D eigenvalue weighted by Gasteiger charge is 2.26. The van der Waals surface area contributed by atoms with Gasteiger partial charge < -0.3 is 18.9 Å². The van der Waals surface area contributed by atoms with Crippen molar-refractivity contribution >= 4 is 19.8 Å². The van der Waals surface area contributed by atoms with Gasteiger partial charge in [-0.05, 0) is 19.3 Å². The van der Waals surface area contributed by atoms with Crippen LogP contribution in [0.25, 0.3) is 0 Å². The highest BCUT2D eigenvalue weighted by molar-refractivity contribution is 7.47. The van der Waals surface area contributed by atoms with Gasteiger partial charge in [0.2, 0.25) is 0 Å². The molecule has 1 N–H and O–H groups in total. The van der Waals surface area contributed by atoms with Crippen LogP contribution in [0.5, 0.6) is 0 Å². The van der Waals surface area contributed by atoms with Gasteiger partial charge in [-0.25, -0.2) is 9.36 Å². The average Bonchev–Trinajstić information content (AvgIpc) is 3.15. The van der Waals surface area contributed by atoms with E-state index in [2.05, 4.69) is 13.8 Å². The molecule has 0 amide bonds. The lowest BCUT2D eigenvalue weighted by Crippen LogP contribution is -2.37. The summed E-state index contributed by atoms with van der Waals surface area (Å²) in [6.07, 6.45) is 42.8. The van der Waals surface area contributed by atoms with E-state index in [1.807, 2.05) is 33.3 Å². The maximum Gasteiger partial charge on any atom is 0.472 e. The lowest BCUT2D eigenvalue weighted by molar-refractivity contribution is -0.870. The van der Waals surface area contributed by atoms with E-state index in [1.165, 1.54) is 160 Å². The zero-order chi connectivity index (χ0) is 41.4. The Kier molecular flexibility index (Phi) is 37.9. The number of ether oxygens (including phenoxy) is 2. The largest absolute Gasteiger partial charge is 0.472 e. The van der Waals surface area contributed by atoms with Crippen LogP contribution in [0.15, 0.2) is 24.3 Å². The molecule has 0 aliphatic heterocycles.